The molecule has 0 aromatic heterocycles. The van der Waals surface area contributed by atoms with Crippen molar-refractivity contribution >= 4 is 17.3 Å². The van der Waals surface area contributed by atoms with E-state index in [1.54, 1.807) is 0 Å². The van der Waals surface area contributed by atoms with Crippen LogP contribution >= 0.6 is 0 Å². The second kappa shape index (κ2) is 10.2. The molecule has 0 radical (unpaired) electrons. The molecule has 3 aromatic carbocycles. The largest absolute Gasteiger partial charge is 0.490 e. The van der Waals surface area contributed by atoms with Gasteiger partial charge in [0.15, 0.2) is 0 Å². The molecule has 29 heavy (non-hydrogen) atoms. The van der Waals surface area contributed by atoms with Gasteiger partial charge in [-0.1, -0.05) is 42.5 Å². The molecule has 0 fully saturated rings. The lowest BCUT2D eigenvalue weighted by atomic mass is 10.1. The minimum atomic E-state index is -0.110. The number of hydrogen-bond acceptors (Lipinski definition) is 4. The lowest BCUT2D eigenvalue weighted by Gasteiger charge is -2.14. The molecule has 0 heterocycles. The lowest BCUT2D eigenvalue weighted by molar-refractivity contribution is -0.114. The van der Waals surface area contributed by atoms with Crippen LogP contribution in [0.4, 0.5) is 11.4 Å². The first-order valence-electron chi connectivity index (χ1n) is 9.63. The Hall–Kier alpha value is -3.47. The zero-order valence-electron chi connectivity index (χ0n) is 16.8. The molecule has 3 rings (SSSR count). The van der Waals surface area contributed by atoms with Gasteiger partial charge in [0.05, 0.1) is 12.2 Å². The zero-order valence-corrected chi connectivity index (χ0v) is 16.8. The van der Waals surface area contributed by atoms with Crippen LogP contribution in [-0.4, -0.2) is 25.7 Å². The van der Waals surface area contributed by atoms with Gasteiger partial charge in [-0.2, -0.15) is 0 Å². The Morgan fingerprint density at radius 3 is 2.31 bits per heavy atom. The van der Waals surface area contributed by atoms with Gasteiger partial charge < -0.3 is 20.1 Å². The Labute approximate surface area is 171 Å². The van der Waals surface area contributed by atoms with Gasteiger partial charge in [-0.25, -0.2) is 0 Å². The smallest absolute Gasteiger partial charge is 0.243 e. The topological polar surface area (TPSA) is 59.6 Å². The summed E-state index contributed by atoms with van der Waals surface area (Å²) in [4.78, 5) is 12.3. The highest BCUT2D eigenvalue weighted by molar-refractivity contribution is 5.94. The average molecular weight is 390 g/mol. The number of amides is 1. The van der Waals surface area contributed by atoms with Crippen molar-refractivity contribution in [2.75, 3.05) is 30.4 Å². The Balaban J connectivity index is 1.49. The highest BCUT2D eigenvalue weighted by atomic mass is 16.5. The summed E-state index contributed by atoms with van der Waals surface area (Å²) in [5.74, 6) is 1.38. The van der Waals surface area contributed by atoms with Crippen molar-refractivity contribution in [3.8, 4) is 11.5 Å². The number of para-hydroxylation sites is 3. The summed E-state index contributed by atoms with van der Waals surface area (Å²) in [7, 11) is 0. The maximum Gasteiger partial charge on any atom is 0.243 e. The second-order valence-corrected chi connectivity index (χ2v) is 6.66. The molecule has 2 N–H and O–H groups in total. The number of carbonyl (C=O) groups is 1. The van der Waals surface area contributed by atoms with Crippen LogP contribution in [0.5, 0.6) is 11.5 Å². The Bertz CT molecular complexity index is 942. The SMILES string of the molecule is Cc1cccc(NC(=O)CNc2ccccc2OCCOc2ccccc2)c1C. The molecule has 5 nitrogen and oxygen atoms in total. The third-order valence-corrected chi connectivity index (χ3v) is 4.56. The van der Waals surface area contributed by atoms with E-state index >= 15 is 0 Å². The van der Waals surface area contributed by atoms with Gasteiger partial charge in [0, 0.05) is 5.69 Å². The molecule has 0 spiro atoms. The fraction of sp³-hybridized carbons (Fsp3) is 0.208. The van der Waals surface area contributed by atoms with E-state index in [1.165, 1.54) is 0 Å². The van der Waals surface area contributed by atoms with E-state index in [4.69, 9.17) is 9.47 Å². The Kier molecular flexibility index (Phi) is 7.11. The van der Waals surface area contributed by atoms with Crippen LogP contribution in [0.2, 0.25) is 0 Å². The number of aryl methyl sites for hydroxylation is 1. The third kappa shape index (κ3) is 6.01. The summed E-state index contributed by atoms with van der Waals surface area (Å²) in [6.07, 6.45) is 0. The van der Waals surface area contributed by atoms with E-state index in [9.17, 15) is 4.79 Å². The monoisotopic (exact) mass is 390 g/mol. The molecule has 5 heteroatoms. The van der Waals surface area contributed by atoms with Gasteiger partial charge in [0.2, 0.25) is 5.91 Å². The first kappa shape index (κ1) is 20.3. The van der Waals surface area contributed by atoms with Crippen molar-refractivity contribution < 1.29 is 14.3 Å². The predicted octanol–water partition coefficient (Wildman–Crippen LogP) is 4.81. The predicted molar refractivity (Wildman–Crippen MR) is 117 cm³/mol. The molecule has 0 aliphatic carbocycles. The minimum absolute atomic E-state index is 0.110. The van der Waals surface area contributed by atoms with Crippen LogP contribution in [0.1, 0.15) is 11.1 Å². The third-order valence-electron chi connectivity index (χ3n) is 4.56. The van der Waals surface area contributed by atoms with E-state index in [-0.39, 0.29) is 12.5 Å². The minimum Gasteiger partial charge on any atom is -0.490 e. The quantitative estimate of drug-likeness (QED) is 0.515. The molecule has 0 saturated heterocycles. The van der Waals surface area contributed by atoms with Gasteiger partial charge in [-0.05, 0) is 55.3 Å². The van der Waals surface area contributed by atoms with Crippen LogP contribution in [0.3, 0.4) is 0 Å². The van der Waals surface area contributed by atoms with Gasteiger partial charge >= 0.3 is 0 Å². The number of ether oxygens (including phenoxy) is 2. The van der Waals surface area contributed by atoms with Crippen LogP contribution < -0.4 is 20.1 Å². The summed E-state index contributed by atoms with van der Waals surface area (Å²) >= 11 is 0. The summed E-state index contributed by atoms with van der Waals surface area (Å²) in [6, 6.07) is 23.0. The van der Waals surface area contributed by atoms with Gasteiger partial charge in [-0.15, -0.1) is 0 Å². The number of rotatable bonds is 9. The second-order valence-electron chi connectivity index (χ2n) is 6.66. The molecule has 0 aliphatic rings. The van der Waals surface area contributed by atoms with Crippen LogP contribution in [-0.2, 0) is 4.79 Å². The number of hydrogen-bond donors (Lipinski definition) is 2. The first-order valence-corrected chi connectivity index (χ1v) is 9.63. The molecule has 0 bridgehead atoms. The molecule has 150 valence electrons. The van der Waals surface area contributed by atoms with Crippen molar-refractivity contribution in [2.45, 2.75) is 13.8 Å². The van der Waals surface area contributed by atoms with Crippen molar-refractivity contribution in [1.82, 2.24) is 0 Å². The van der Waals surface area contributed by atoms with E-state index in [2.05, 4.69) is 10.6 Å². The van der Waals surface area contributed by atoms with E-state index in [0.29, 0.717) is 19.0 Å². The maximum absolute atomic E-state index is 12.3. The van der Waals surface area contributed by atoms with E-state index in [0.717, 1.165) is 28.3 Å². The Morgan fingerprint density at radius 1 is 0.793 bits per heavy atom. The summed E-state index contributed by atoms with van der Waals surface area (Å²) in [5, 5.41) is 6.10. The number of anilines is 2. The lowest BCUT2D eigenvalue weighted by Crippen LogP contribution is -2.22. The van der Waals surface area contributed by atoms with E-state index < -0.39 is 0 Å². The molecule has 0 aliphatic heterocycles. The standard InChI is InChI=1S/C24H26N2O3/c1-18-9-8-13-21(19(18)2)26-24(27)17-25-22-12-6-7-14-23(22)29-16-15-28-20-10-4-3-5-11-20/h3-14,25H,15-17H2,1-2H3,(H,26,27). The molecule has 3 aromatic rings. The number of carbonyl (C=O) groups excluding carboxylic acids is 1. The van der Waals surface area contributed by atoms with Gasteiger partial charge in [0.1, 0.15) is 24.7 Å². The Morgan fingerprint density at radius 2 is 1.48 bits per heavy atom. The van der Waals surface area contributed by atoms with Crippen molar-refractivity contribution in [2.24, 2.45) is 0 Å². The number of nitrogens with one attached hydrogen (secondary N) is 2. The van der Waals surface area contributed by atoms with Crippen LogP contribution in [0, 0.1) is 13.8 Å². The number of benzene rings is 3. The fourth-order valence-corrected chi connectivity index (χ4v) is 2.82. The summed E-state index contributed by atoms with van der Waals surface area (Å²) in [5.41, 5.74) is 3.82. The van der Waals surface area contributed by atoms with Crippen LogP contribution in [0.15, 0.2) is 72.8 Å². The fourth-order valence-electron chi connectivity index (χ4n) is 2.82. The highest BCUT2D eigenvalue weighted by Gasteiger charge is 2.08. The van der Waals surface area contributed by atoms with Gasteiger partial charge in [-0.3, -0.25) is 4.79 Å². The summed E-state index contributed by atoms with van der Waals surface area (Å²) in [6.45, 7) is 5.01. The average Bonchev–Trinajstić information content (AvgIpc) is 2.74. The normalized spacial score (nSPS) is 10.3. The first-order chi connectivity index (χ1) is 14.1. The van der Waals surface area contributed by atoms with Gasteiger partial charge in [0.25, 0.3) is 0 Å². The zero-order chi connectivity index (χ0) is 20.5. The molecule has 0 saturated carbocycles. The molecule has 0 unspecified atom stereocenters. The van der Waals surface area contributed by atoms with E-state index in [1.807, 2.05) is 86.6 Å². The summed E-state index contributed by atoms with van der Waals surface area (Å²) < 4.78 is 11.5. The maximum atomic E-state index is 12.3. The van der Waals surface area contributed by atoms with Crippen molar-refractivity contribution in [3.63, 3.8) is 0 Å². The molecular weight excluding hydrogens is 364 g/mol. The van der Waals surface area contributed by atoms with Crippen molar-refractivity contribution in [3.05, 3.63) is 83.9 Å². The highest BCUT2D eigenvalue weighted by Crippen LogP contribution is 2.24. The van der Waals surface area contributed by atoms with Crippen molar-refractivity contribution in [1.29, 1.82) is 0 Å². The molecular formula is C24H26N2O3. The molecule has 1 amide bonds. The molecule has 0 atom stereocenters. The van der Waals surface area contributed by atoms with Crippen LogP contribution in [0.25, 0.3) is 0 Å².